The summed E-state index contributed by atoms with van der Waals surface area (Å²) in [7, 11) is 0. The molecule has 2 aromatic rings. The molecule has 0 aliphatic carbocycles. The van der Waals surface area contributed by atoms with Crippen LogP contribution in [0, 0.1) is 10.1 Å². The SMILES string of the molecule is O=CNc1cc(Sc2ccccc2)ccc1[N+](=O)[O-]. The number of carbonyl (C=O) groups is 1. The van der Waals surface area contributed by atoms with Crippen molar-refractivity contribution in [2.24, 2.45) is 0 Å². The van der Waals surface area contributed by atoms with E-state index in [1.807, 2.05) is 30.3 Å². The predicted octanol–water partition coefficient (Wildman–Crippen LogP) is 3.31. The lowest BCUT2D eigenvalue weighted by Crippen LogP contribution is -1.99. The molecule has 2 aromatic carbocycles. The molecule has 19 heavy (non-hydrogen) atoms. The Morgan fingerprint density at radius 1 is 1.11 bits per heavy atom. The largest absolute Gasteiger partial charge is 0.323 e. The third-order valence-corrected chi connectivity index (χ3v) is 3.36. The summed E-state index contributed by atoms with van der Waals surface area (Å²) in [6, 6.07) is 14.3. The van der Waals surface area contributed by atoms with Crippen molar-refractivity contribution in [2.75, 3.05) is 5.32 Å². The molecule has 0 saturated carbocycles. The molecule has 0 aliphatic heterocycles. The summed E-state index contributed by atoms with van der Waals surface area (Å²) in [5.74, 6) is 0. The van der Waals surface area contributed by atoms with E-state index in [4.69, 9.17) is 0 Å². The minimum absolute atomic E-state index is 0.121. The summed E-state index contributed by atoms with van der Waals surface area (Å²) in [4.78, 5) is 22.6. The van der Waals surface area contributed by atoms with Gasteiger partial charge >= 0.3 is 0 Å². The molecule has 0 bridgehead atoms. The molecule has 2 rings (SSSR count). The molecule has 0 atom stereocenters. The molecule has 1 amide bonds. The molecule has 0 saturated heterocycles. The molecule has 0 fully saturated rings. The summed E-state index contributed by atoms with van der Waals surface area (Å²) < 4.78 is 0. The van der Waals surface area contributed by atoms with Gasteiger partial charge in [0.25, 0.3) is 5.69 Å². The second-order valence-electron chi connectivity index (χ2n) is 3.61. The van der Waals surface area contributed by atoms with Gasteiger partial charge in [0.2, 0.25) is 6.41 Å². The van der Waals surface area contributed by atoms with E-state index in [-0.39, 0.29) is 11.4 Å². The first-order valence-electron chi connectivity index (χ1n) is 5.42. The molecule has 0 radical (unpaired) electrons. The van der Waals surface area contributed by atoms with E-state index in [9.17, 15) is 14.9 Å². The van der Waals surface area contributed by atoms with E-state index in [1.165, 1.54) is 17.8 Å². The van der Waals surface area contributed by atoms with Gasteiger partial charge in [0.15, 0.2) is 0 Å². The average molecular weight is 274 g/mol. The Morgan fingerprint density at radius 2 is 1.84 bits per heavy atom. The van der Waals surface area contributed by atoms with Crippen molar-refractivity contribution < 1.29 is 9.72 Å². The fourth-order valence-corrected chi connectivity index (χ4v) is 2.42. The van der Waals surface area contributed by atoms with Crippen molar-refractivity contribution in [1.29, 1.82) is 0 Å². The number of carbonyl (C=O) groups excluding carboxylic acids is 1. The van der Waals surface area contributed by atoms with E-state index in [0.717, 1.165) is 9.79 Å². The number of nitrogens with zero attached hydrogens (tertiary/aromatic N) is 1. The standard InChI is InChI=1S/C13H10N2O3S/c16-9-14-12-8-11(6-7-13(12)15(17)18)19-10-4-2-1-3-5-10/h1-9H,(H,14,16). The second-order valence-corrected chi connectivity index (χ2v) is 4.76. The normalized spacial score (nSPS) is 9.89. The topological polar surface area (TPSA) is 72.2 Å². The van der Waals surface area contributed by atoms with Crippen LogP contribution in [-0.2, 0) is 4.79 Å². The summed E-state index contributed by atoms with van der Waals surface area (Å²) in [5.41, 5.74) is 0.0745. The van der Waals surface area contributed by atoms with Crippen molar-refractivity contribution in [3.63, 3.8) is 0 Å². The van der Waals surface area contributed by atoms with E-state index in [2.05, 4.69) is 5.32 Å². The van der Waals surface area contributed by atoms with Crippen LogP contribution in [0.4, 0.5) is 11.4 Å². The molecule has 5 nitrogen and oxygen atoms in total. The maximum atomic E-state index is 10.8. The Bertz CT molecular complexity index is 602. The molecule has 0 aliphatic rings. The Labute approximate surface area is 113 Å². The maximum Gasteiger partial charge on any atom is 0.292 e. The highest BCUT2D eigenvalue weighted by atomic mass is 32.2. The molecular formula is C13H10N2O3S. The number of amides is 1. The van der Waals surface area contributed by atoms with Crippen LogP contribution in [0.1, 0.15) is 0 Å². The fourth-order valence-electron chi connectivity index (χ4n) is 1.54. The van der Waals surface area contributed by atoms with Gasteiger partial charge in [-0.25, -0.2) is 0 Å². The van der Waals surface area contributed by atoms with E-state index < -0.39 is 4.92 Å². The van der Waals surface area contributed by atoms with E-state index >= 15 is 0 Å². The van der Waals surface area contributed by atoms with Gasteiger partial charge in [-0.05, 0) is 24.3 Å². The number of nitrogens with one attached hydrogen (secondary N) is 1. The van der Waals surface area contributed by atoms with Gasteiger partial charge in [-0.15, -0.1) is 0 Å². The van der Waals surface area contributed by atoms with Crippen LogP contribution in [-0.4, -0.2) is 11.3 Å². The highest BCUT2D eigenvalue weighted by molar-refractivity contribution is 7.99. The highest BCUT2D eigenvalue weighted by Gasteiger charge is 2.14. The van der Waals surface area contributed by atoms with Gasteiger partial charge in [0, 0.05) is 15.9 Å². The predicted molar refractivity (Wildman–Crippen MR) is 73.3 cm³/mol. The van der Waals surface area contributed by atoms with Crippen LogP contribution in [0.15, 0.2) is 58.3 Å². The average Bonchev–Trinajstić information content (AvgIpc) is 2.40. The molecule has 0 heterocycles. The number of benzene rings is 2. The monoisotopic (exact) mass is 274 g/mol. The van der Waals surface area contributed by atoms with Crippen LogP contribution >= 0.6 is 11.8 Å². The number of hydrogen-bond acceptors (Lipinski definition) is 4. The third kappa shape index (κ3) is 3.32. The van der Waals surface area contributed by atoms with Crippen LogP contribution in [0.3, 0.4) is 0 Å². The van der Waals surface area contributed by atoms with Crippen molar-refractivity contribution in [1.82, 2.24) is 0 Å². The van der Waals surface area contributed by atoms with Crippen molar-refractivity contribution in [3.8, 4) is 0 Å². The van der Waals surface area contributed by atoms with Gasteiger partial charge in [-0.2, -0.15) is 0 Å². The van der Waals surface area contributed by atoms with Gasteiger partial charge in [0.1, 0.15) is 5.69 Å². The van der Waals surface area contributed by atoms with Crippen molar-refractivity contribution >= 4 is 29.5 Å². The smallest absolute Gasteiger partial charge is 0.292 e. The van der Waals surface area contributed by atoms with Gasteiger partial charge < -0.3 is 5.32 Å². The highest BCUT2D eigenvalue weighted by Crippen LogP contribution is 2.33. The first kappa shape index (κ1) is 13.1. The second kappa shape index (κ2) is 6.01. The first-order chi connectivity index (χ1) is 9.20. The lowest BCUT2D eigenvalue weighted by atomic mass is 10.3. The lowest BCUT2D eigenvalue weighted by molar-refractivity contribution is -0.384. The molecule has 0 aromatic heterocycles. The number of anilines is 1. The Balaban J connectivity index is 2.30. The van der Waals surface area contributed by atoms with Crippen molar-refractivity contribution in [2.45, 2.75) is 9.79 Å². The molecule has 96 valence electrons. The summed E-state index contributed by atoms with van der Waals surface area (Å²) in [6.45, 7) is 0. The Hall–Kier alpha value is -2.34. The van der Waals surface area contributed by atoms with Gasteiger partial charge in [-0.3, -0.25) is 14.9 Å². The Kier molecular flexibility index (Phi) is 4.15. The van der Waals surface area contributed by atoms with Gasteiger partial charge in [-0.1, -0.05) is 30.0 Å². The summed E-state index contributed by atoms with van der Waals surface area (Å²) in [6.07, 6.45) is 0.430. The molecule has 0 unspecified atom stereocenters. The lowest BCUT2D eigenvalue weighted by Gasteiger charge is -2.05. The number of hydrogen-bond donors (Lipinski definition) is 1. The van der Waals surface area contributed by atoms with Crippen LogP contribution in [0.2, 0.25) is 0 Å². The fraction of sp³-hybridized carbons (Fsp3) is 0. The van der Waals surface area contributed by atoms with E-state index in [1.54, 1.807) is 12.1 Å². The third-order valence-electron chi connectivity index (χ3n) is 2.36. The Morgan fingerprint density at radius 3 is 2.47 bits per heavy atom. The zero-order valence-corrected chi connectivity index (χ0v) is 10.6. The van der Waals surface area contributed by atoms with Crippen LogP contribution < -0.4 is 5.32 Å². The molecule has 0 spiro atoms. The quantitative estimate of drug-likeness (QED) is 0.515. The van der Waals surface area contributed by atoms with Gasteiger partial charge in [0.05, 0.1) is 4.92 Å². The minimum atomic E-state index is -0.525. The number of nitro groups is 1. The van der Waals surface area contributed by atoms with Crippen LogP contribution in [0.5, 0.6) is 0 Å². The molecular weight excluding hydrogens is 264 g/mol. The summed E-state index contributed by atoms with van der Waals surface area (Å²) in [5, 5.41) is 13.2. The van der Waals surface area contributed by atoms with Crippen LogP contribution in [0.25, 0.3) is 0 Å². The zero-order valence-electron chi connectivity index (χ0n) is 9.78. The molecule has 6 heteroatoms. The minimum Gasteiger partial charge on any atom is -0.323 e. The van der Waals surface area contributed by atoms with E-state index in [0.29, 0.717) is 6.41 Å². The summed E-state index contributed by atoms with van der Waals surface area (Å²) >= 11 is 1.47. The zero-order chi connectivity index (χ0) is 13.7. The number of nitro benzene ring substituents is 1. The van der Waals surface area contributed by atoms with Crippen molar-refractivity contribution in [3.05, 3.63) is 58.6 Å². The molecule has 1 N–H and O–H groups in total. The number of rotatable bonds is 5. The maximum absolute atomic E-state index is 10.8. The first-order valence-corrected chi connectivity index (χ1v) is 6.24.